The van der Waals surface area contributed by atoms with E-state index in [1.807, 2.05) is 19.9 Å². The number of alkyl halides is 1. The van der Waals surface area contributed by atoms with Gasteiger partial charge in [-0.05, 0) is 68.1 Å². The summed E-state index contributed by atoms with van der Waals surface area (Å²) in [5.41, 5.74) is 9.36. The van der Waals surface area contributed by atoms with Gasteiger partial charge in [0.2, 0.25) is 5.88 Å². The third-order valence-electron chi connectivity index (χ3n) is 11.8. The first-order valence-electron chi connectivity index (χ1n) is 17.0. The molecule has 5 fully saturated rings. The number of halogens is 2. The van der Waals surface area contributed by atoms with Gasteiger partial charge in [0.25, 0.3) is 0 Å². The Hall–Kier alpha value is -3.64. The van der Waals surface area contributed by atoms with Crippen LogP contribution in [0, 0.1) is 18.2 Å². The summed E-state index contributed by atoms with van der Waals surface area (Å²) in [6.07, 6.45) is 2.83. The molecule has 0 radical (unpaired) electrons. The van der Waals surface area contributed by atoms with E-state index in [9.17, 15) is 4.39 Å². The number of nitrogens with two attached hydrogens (primary N) is 1. The van der Waals surface area contributed by atoms with Crippen LogP contribution < -0.4 is 25.4 Å². The average Bonchev–Trinajstić information content (AvgIpc) is 3.20. The molecule has 8 heterocycles. The van der Waals surface area contributed by atoms with Crippen LogP contribution in [0.3, 0.4) is 0 Å². The third kappa shape index (κ3) is 4.46. The second-order valence-electron chi connectivity index (χ2n) is 15.6. The Morgan fingerprint density at radius 1 is 1.15 bits per heavy atom. The summed E-state index contributed by atoms with van der Waals surface area (Å²) in [7, 11) is 0. The van der Waals surface area contributed by atoms with Crippen molar-refractivity contribution >= 4 is 22.5 Å². The van der Waals surface area contributed by atoms with Gasteiger partial charge in [-0.25, -0.2) is 18.7 Å². The third-order valence-corrected chi connectivity index (χ3v) is 11.8. The van der Waals surface area contributed by atoms with Crippen LogP contribution in [0.25, 0.3) is 22.3 Å². The van der Waals surface area contributed by atoms with Crippen molar-refractivity contribution in [2.45, 2.75) is 102 Å². The molecule has 9 rings (SSSR count). The summed E-state index contributed by atoms with van der Waals surface area (Å²) in [5.74, 6) is 0.738. The van der Waals surface area contributed by atoms with Crippen molar-refractivity contribution < 1.29 is 18.3 Å². The lowest BCUT2D eigenvalue weighted by Crippen LogP contribution is -2.62. The van der Waals surface area contributed by atoms with Crippen LogP contribution in [0.1, 0.15) is 69.9 Å². The number of nitrogen functional groups attached to an aromatic ring is 1. The van der Waals surface area contributed by atoms with Crippen molar-refractivity contribution in [3.63, 3.8) is 0 Å². The molecule has 1 aliphatic carbocycles. The highest BCUT2D eigenvalue weighted by molar-refractivity contribution is 5.97. The highest BCUT2D eigenvalue weighted by Gasteiger charge is 2.52. The molecule has 4 saturated heterocycles. The molecule has 3 aromatic rings. The minimum Gasteiger partial charge on any atom is -0.472 e. The van der Waals surface area contributed by atoms with Gasteiger partial charge < -0.3 is 25.4 Å². The molecule has 2 bridgehead atoms. The van der Waals surface area contributed by atoms with E-state index in [1.165, 1.54) is 0 Å². The minimum atomic E-state index is -0.932. The highest BCUT2D eigenvalue weighted by Crippen LogP contribution is 2.61. The Morgan fingerprint density at radius 2 is 1.96 bits per heavy atom. The van der Waals surface area contributed by atoms with Crippen LogP contribution in [-0.4, -0.2) is 87.0 Å². The zero-order chi connectivity index (χ0) is 32.6. The normalized spacial score (nSPS) is 33.5. The first-order valence-corrected chi connectivity index (χ1v) is 17.0. The van der Waals surface area contributed by atoms with E-state index >= 15 is 4.39 Å². The van der Waals surface area contributed by atoms with Crippen molar-refractivity contribution in [2.75, 3.05) is 36.9 Å². The number of aromatic nitrogens is 4. The summed E-state index contributed by atoms with van der Waals surface area (Å²) in [6, 6.07) is 2.33. The van der Waals surface area contributed by atoms with Crippen molar-refractivity contribution in [2.24, 2.45) is 5.41 Å². The zero-order valence-electron chi connectivity index (χ0n) is 27.4. The molecule has 3 N–H and O–H groups in total. The Balaban J connectivity index is 1.22. The number of ether oxygens (including phenoxy) is 2. The maximum absolute atomic E-state index is 17.2. The van der Waals surface area contributed by atoms with Gasteiger partial charge in [-0.3, -0.25) is 4.90 Å². The molecule has 248 valence electrons. The first kappa shape index (κ1) is 29.5. The van der Waals surface area contributed by atoms with E-state index in [-0.39, 0.29) is 65.3 Å². The molecule has 12 heteroatoms. The van der Waals surface area contributed by atoms with E-state index in [0.717, 1.165) is 36.0 Å². The summed E-state index contributed by atoms with van der Waals surface area (Å²) in [4.78, 5) is 23.6. The lowest BCUT2D eigenvalue weighted by atomic mass is 9.93. The number of aryl methyl sites for hydroxylation is 1. The number of rotatable bonds is 5. The SMILES string of the molecule is C=C1CN2C[C@H](F)CC2(COc2nc3c4c(nc(-c5nc(N)cc(C)c5C5CC5(C)C)c(F)c4n2)O[C@@H](C)[C@@H]2[C@@H]4CC[C@H](CN32)N4)C1. The van der Waals surface area contributed by atoms with Gasteiger partial charge in [0.05, 0.1) is 17.3 Å². The second kappa shape index (κ2) is 9.95. The molecule has 6 aliphatic rings. The molecule has 5 aliphatic heterocycles. The quantitative estimate of drug-likeness (QED) is 0.374. The fraction of sp³-hybridized carbons (Fsp3) is 0.600. The Morgan fingerprint density at radius 3 is 2.74 bits per heavy atom. The van der Waals surface area contributed by atoms with Gasteiger partial charge in [-0.2, -0.15) is 9.97 Å². The summed E-state index contributed by atoms with van der Waals surface area (Å²) in [5, 5.41) is 4.18. The molecule has 7 atom stereocenters. The maximum atomic E-state index is 17.2. The van der Waals surface area contributed by atoms with Crippen molar-refractivity contribution in [3.8, 4) is 23.3 Å². The molecule has 2 unspecified atom stereocenters. The molecule has 0 spiro atoms. The molecular formula is C35H42F2N8O2. The number of pyridine rings is 2. The van der Waals surface area contributed by atoms with E-state index in [4.69, 9.17) is 35.1 Å². The monoisotopic (exact) mass is 644 g/mol. The number of hydrogen-bond acceptors (Lipinski definition) is 10. The van der Waals surface area contributed by atoms with Crippen LogP contribution in [0.15, 0.2) is 18.2 Å². The average molecular weight is 645 g/mol. The van der Waals surface area contributed by atoms with Gasteiger partial charge in [-0.1, -0.05) is 26.0 Å². The summed E-state index contributed by atoms with van der Waals surface area (Å²) in [6.45, 7) is 14.5. The van der Waals surface area contributed by atoms with Crippen LogP contribution >= 0.6 is 0 Å². The van der Waals surface area contributed by atoms with Gasteiger partial charge in [0.1, 0.15) is 47.1 Å². The maximum Gasteiger partial charge on any atom is 0.319 e. The van der Waals surface area contributed by atoms with Gasteiger partial charge in [-0.15, -0.1) is 0 Å². The van der Waals surface area contributed by atoms with Crippen molar-refractivity contribution in [3.05, 3.63) is 35.2 Å². The smallest absolute Gasteiger partial charge is 0.319 e. The van der Waals surface area contributed by atoms with Crippen LogP contribution in [0.4, 0.5) is 20.4 Å². The Bertz CT molecular complexity index is 1850. The van der Waals surface area contributed by atoms with Crippen molar-refractivity contribution in [1.29, 1.82) is 0 Å². The number of fused-ring (bicyclic) bond motifs is 6. The van der Waals surface area contributed by atoms with Crippen LogP contribution in [-0.2, 0) is 0 Å². The Kier molecular flexibility index (Phi) is 6.24. The predicted octanol–water partition coefficient (Wildman–Crippen LogP) is 4.84. The van der Waals surface area contributed by atoms with Gasteiger partial charge >= 0.3 is 6.01 Å². The number of hydrogen-bond donors (Lipinski definition) is 2. The Labute approximate surface area is 273 Å². The molecule has 0 amide bonds. The van der Waals surface area contributed by atoms with Gasteiger partial charge in [0, 0.05) is 38.1 Å². The number of piperazine rings is 1. The second-order valence-corrected chi connectivity index (χ2v) is 15.6. The minimum absolute atomic E-state index is 0.0506. The lowest BCUT2D eigenvalue weighted by Gasteiger charge is -2.42. The lowest BCUT2D eigenvalue weighted by molar-refractivity contribution is 0.107. The largest absolute Gasteiger partial charge is 0.472 e. The molecule has 1 saturated carbocycles. The number of nitrogens with zero attached hydrogens (tertiary/aromatic N) is 6. The molecule has 10 nitrogen and oxygen atoms in total. The van der Waals surface area contributed by atoms with Crippen LogP contribution in [0.2, 0.25) is 0 Å². The fourth-order valence-corrected chi connectivity index (χ4v) is 9.45. The van der Waals surface area contributed by atoms with E-state index in [1.54, 1.807) is 0 Å². The standard InChI is InChI=1S/C35H42F2N8O2/c1-16-9-35(10-19(36)13-44(35)12-16)15-46-33-42-27-25-31(43-33)45-14-20-6-7-22(39-20)30(45)18(3)47-32(25)41-29(26(27)37)28-24(21-11-34(21,4)5)17(2)8-23(38)40-28/h8,18-22,30,39H,1,6-7,9-15H2,2-5H3,(H2,38,40)/t18-,19+,20+,21?,22-,30+,35?/m0/s1. The molecular weight excluding hydrogens is 602 g/mol. The van der Waals surface area contributed by atoms with E-state index in [2.05, 4.69) is 35.5 Å². The molecule has 3 aromatic heterocycles. The molecule has 47 heavy (non-hydrogen) atoms. The predicted molar refractivity (Wildman–Crippen MR) is 175 cm³/mol. The summed E-state index contributed by atoms with van der Waals surface area (Å²) < 4.78 is 44.9. The van der Waals surface area contributed by atoms with Crippen molar-refractivity contribution in [1.82, 2.24) is 30.2 Å². The topological polar surface area (TPSA) is 115 Å². The molecule has 0 aromatic carbocycles. The van der Waals surface area contributed by atoms with Crippen LogP contribution in [0.5, 0.6) is 11.9 Å². The van der Waals surface area contributed by atoms with E-state index in [0.29, 0.717) is 55.2 Å². The summed E-state index contributed by atoms with van der Waals surface area (Å²) >= 11 is 0. The highest BCUT2D eigenvalue weighted by atomic mass is 19.1. The zero-order valence-corrected chi connectivity index (χ0v) is 27.4. The van der Waals surface area contributed by atoms with E-state index < -0.39 is 17.5 Å². The number of anilines is 2. The van der Waals surface area contributed by atoms with Gasteiger partial charge in [0.15, 0.2) is 5.82 Å². The fourth-order valence-electron chi connectivity index (χ4n) is 9.45. The first-order chi connectivity index (χ1) is 22.4. The number of nitrogens with one attached hydrogen (secondary N) is 1.